The molecular weight excluding hydrogens is 520 g/mol. The molecule has 0 aliphatic carbocycles. The van der Waals surface area contributed by atoms with Gasteiger partial charge in [0.25, 0.3) is 5.91 Å². The second-order valence-corrected chi connectivity index (χ2v) is 8.35. The summed E-state index contributed by atoms with van der Waals surface area (Å²) in [7, 11) is 1.49. The Hall–Kier alpha value is -3.47. The van der Waals surface area contributed by atoms with E-state index in [0.29, 0.717) is 46.7 Å². The van der Waals surface area contributed by atoms with E-state index in [1.807, 2.05) is 37.3 Å². The number of nitrogens with zero attached hydrogens (tertiary/aromatic N) is 1. The van der Waals surface area contributed by atoms with E-state index < -0.39 is 5.91 Å². The molecule has 1 N–H and O–H groups in total. The van der Waals surface area contributed by atoms with Crippen LogP contribution in [0.2, 0.25) is 5.02 Å². The van der Waals surface area contributed by atoms with Gasteiger partial charge in [0.2, 0.25) is 0 Å². The van der Waals surface area contributed by atoms with E-state index in [1.165, 1.54) is 13.2 Å². The third-order valence-electron chi connectivity index (χ3n) is 4.65. The Balaban J connectivity index is 1.67. The maximum atomic E-state index is 12.7. The van der Waals surface area contributed by atoms with Gasteiger partial charge in [0, 0.05) is 10.2 Å². The van der Waals surface area contributed by atoms with Gasteiger partial charge in [-0.3, -0.25) is 4.79 Å². The van der Waals surface area contributed by atoms with Gasteiger partial charge in [-0.25, -0.2) is 0 Å². The summed E-state index contributed by atoms with van der Waals surface area (Å²) in [6, 6.07) is 20.0. The van der Waals surface area contributed by atoms with Crippen molar-refractivity contribution in [3.8, 4) is 23.3 Å². The summed E-state index contributed by atoms with van der Waals surface area (Å²) in [6.07, 6.45) is 1.44. The summed E-state index contributed by atoms with van der Waals surface area (Å²) in [4.78, 5) is 12.7. The summed E-state index contributed by atoms with van der Waals surface area (Å²) in [5.41, 5.74) is 2.02. The van der Waals surface area contributed by atoms with Crippen LogP contribution in [0.3, 0.4) is 0 Å². The molecule has 34 heavy (non-hydrogen) atoms. The molecule has 0 aliphatic heterocycles. The second kappa shape index (κ2) is 12.1. The van der Waals surface area contributed by atoms with E-state index in [-0.39, 0.29) is 5.57 Å². The molecule has 0 radical (unpaired) electrons. The van der Waals surface area contributed by atoms with Crippen LogP contribution >= 0.6 is 27.5 Å². The van der Waals surface area contributed by atoms with Gasteiger partial charge in [0.1, 0.15) is 24.0 Å². The first kappa shape index (κ1) is 25.2. The second-order valence-electron chi connectivity index (χ2n) is 7.03. The Morgan fingerprint density at radius 1 is 1.12 bits per heavy atom. The Labute approximate surface area is 211 Å². The molecule has 0 aromatic heterocycles. The van der Waals surface area contributed by atoms with Crippen LogP contribution in [0, 0.1) is 11.3 Å². The van der Waals surface area contributed by atoms with E-state index in [1.54, 1.807) is 36.4 Å². The molecule has 0 unspecified atom stereocenters. The van der Waals surface area contributed by atoms with Crippen molar-refractivity contribution in [1.82, 2.24) is 0 Å². The first-order valence-electron chi connectivity index (χ1n) is 10.3. The minimum atomic E-state index is -0.546. The molecule has 0 atom stereocenters. The zero-order valence-corrected chi connectivity index (χ0v) is 20.9. The van der Waals surface area contributed by atoms with Crippen molar-refractivity contribution in [3.63, 3.8) is 0 Å². The smallest absolute Gasteiger partial charge is 0.266 e. The van der Waals surface area contributed by atoms with Gasteiger partial charge in [-0.1, -0.05) is 39.7 Å². The number of amides is 1. The van der Waals surface area contributed by atoms with E-state index in [0.717, 1.165) is 10.0 Å². The lowest BCUT2D eigenvalue weighted by Crippen LogP contribution is -2.13. The molecule has 0 saturated heterocycles. The first-order chi connectivity index (χ1) is 16.4. The predicted octanol–water partition coefficient (Wildman–Crippen LogP) is 6.63. The zero-order chi connectivity index (χ0) is 24.5. The van der Waals surface area contributed by atoms with Crippen LogP contribution in [-0.2, 0) is 11.4 Å². The van der Waals surface area contributed by atoms with E-state index in [9.17, 15) is 10.1 Å². The Morgan fingerprint density at radius 3 is 2.44 bits per heavy atom. The fourth-order valence-electron chi connectivity index (χ4n) is 3.00. The Bertz CT molecular complexity index is 1220. The van der Waals surface area contributed by atoms with Crippen LogP contribution in [0.4, 0.5) is 5.69 Å². The number of anilines is 1. The van der Waals surface area contributed by atoms with Gasteiger partial charge < -0.3 is 19.5 Å². The van der Waals surface area contributed by atoms with Crippen LogP contribution in [0.1, 0.15) is 18.1 Å². The van der Waals surface area contributed by atoms with Crippen LogP contribution < -0.4 is 19.5 Å². The van der Waals surface area contributed by atoms with Gasteiger partial charge in [-0.2, -0.15) is 5.26 Å². The van der Waals surface area contributed by atoms with Gasteiger partial charge >= 0.3 is 0 Å². The quantitative estimate of drug-likeness (QED) is 0.243. The van der Waals surface area contributed by atoms with Gasteiger partial charge in [0.05, 0.1) is 18.7 Å². The maximum Gasteiger partial charge on any atom is 0.266 e. The summed E-state index contributed by atoms with van der Waals surface area (Å²) in [6.45, 7) is 2.68. The maximum absolute atomic E-state index is 12.7. The standard InChI is InChI=1S/C26H22BrClN2O4/c1-3-33-25-23(28)13-18(14-24(25)32-2)12-19(15-29)26(31)30-21-8-10-22(11-9-21)34-16-17-4-6-20(27)7-5-17/h4-14H,3,16H2,1-2H3,(H,30,31)/b19-12+. The molecule has 0 heterocycles. The van der Waals surface area contributed by atoms with Crippen molar-refractivity contribution >= 4 is 45.2 Å². The minimum Gasteiger partial charge on any atom is -0.493 e. The number of hydrogen-bond donors (Lipinski definition) is 1. The van der Waals surface area contributed by atoms with Crippen molar-refractivity contribution in [1.29, 1.82) is 5.26 Å². The van der Waals surface area contributed by atoms with E-state index in [2.05, 4.69) is 21.2 Å². The largest absolute Gasteiger partial charge is 0.493 e. The number of rotatable bonds is 9. The topological polar surface area (TPSA) is 80.6 Å². The third-order valence-corrected chi connectivity index (χ3v) is 5.46. The molecule has 3 aromatic rings. The highest BCUT2D eigenvalue weighted by Crippen LogP contribution is 2.37. The molecule has 0 saturated carbocycles. The minimum absolute atomic E-state index is 0.0853. The average molecular weight is 542 g/mol. The molecule has 6 nitrogen and oxygen atoms in total. The molecule has 0 spiro atoms. The Morgan fingerprint density at radius 2 is 1.82 bits per heavy atom. The monoisotopic (exact) mass is 540 g/mol. The number of ether oxygens (including phenoxy) is 3. The molecule has 0 bridgehead atoms. The fourth-order valence-corrected chi connectivity index (χ4v) is 3.54. The first-order valence-corrected chi connectivity index (χ1v) is 11.5. The average Bonchev–Trinajstić information content (AvgIpc) is 2.84. The number of hydrogen-bond acceptors (Lipinski definition) is 5. The highest BCUT2D eigenvalue weighted by Gasteiger charge is 2.14. The molecule has 174 valence electrons. The van der Waals surface area contributed by atoms with Crippen molar-refractivity contribution in [2.24, 2.45) is 0 Å². The number of methoxy groups -OCH3 is 1. The van der Waals surface area contributed by atoms with Gasteiger partial charge in [-0.05, 0) is 72.7 Å². The normalized spacial score (nSPS) is 10.9. The number of nitrogens with one attached hydrogen (secondary N) is 1. The molecule has 8 heteroatoms. The van der Waals surface area contributed by atoms with Crippen LogP contribution in [-0.4, -0.2) is 19.6 Å². The van der Waals surface area contributed by atoms with E-state index >= 15 is 0 Å². The predicted molar refractivity (Wildman–Crippen MR) is 136 cm³/mol. The fraction of sp³-hybridized carbons (Fsp3) is 0.154. The third kappa shape index (κ3) is 6.77. The molecular formula is C26H22BrClN2O4. The lowest BCUT2D eigenvalue weighted by molar-refractivity contribution is -0.112. The van der Waals surface area contributed by atoms with Crippen LogP contribution in [0.25, 0.3) is 6.08 Å². The highest BCUT2D eigenvalue weighted by atomic mass is 79.9. The van der Waals surface area contributed by atoms with Crippen molar-refractivity contribution in [2.45, 2.75) is 13.5 Å². The number of halogens is 2. The number of nitriles is 1. The van der Waals surface area contributed by atoms with E-state index in [4.69, 9.17) is 25.8 Å². The molecule has 3 aromatic carbocycles. The molecule has 1 amide bonds. The SMILES string of the molecule is CCOc1c(Cl)cc(/C=C(\C#N)C(=O)Nc2ccc(OCc3ccc(Br)cc3)cc2)cc1OC. The summed E-state index contributed by atoms with van der Waals surface area (Å²) in [5.74, 6) is 0.939. The van der Waals surface area contributed by atoms with Crippen LogP contribution in [0.5, 0.6) is 17.2 Å². The Kier molecular flexibility index (Phi) is 8.97. The summed E-state index contributed by atoms with van der Waals surface area (Å²) >= 11 is 9.69. The van der Waals surface area contributed by atoms with Crippen molar-refractivity contribution in [2.75, 3.05) is 19.0 Å². The molecule has 0 fully saturated rings. The zero-order valence-electron chi connectivity index (χ0n) is 18.6. The molecule has 3 rings (SSSR count). The summed E-state index contributed by atoms with van der Waals surface area (Å²) < 4.78 is 17.6. The van der Waals surface area contributed by atoms with Crippen molar-refractivity contribution < 1.29 is 19.0 Å². The number of carbonyl (C=O) groups is 1. The summed E-state index contributed by atoms with van der Waals surface area (Å²) in [5, 5.41) is 12.6. The highest BCUT2D eigenvalue weighted by molar-refractivity contribution is 9.10. The number of benzene rings is 3. The lowest BCUT2D eigenvalue weighted by Gasteiger charge is -2.12. The lowest BCUT2D eigenvalue weighted by atomic mass is 10.1. The number of carbonyl (C=O) groups excluding carboxylic acids is 1. The van der Waals surface area contributed by atoms with Gasteiger partial charge in [-0.15, -0.1) is 0 Å². The van der Waals surface area contributed by atoms with Crippen molar-refractivity contribution in [3.05, 3.63) is 86.9 Å². The van der Waals surface area contributed by atoms with Crippen LogP contribution in [0.15, 0.2) is 70.7 Å². The molecule has 0 aliphatic rings. The van der Waals surface area contributed by atoms with Gasteiger partial charge in [0.15, 0.2) is 11.5 Å².